The molecule has 0 amide bonds. The third kappa shape index (κ3) is 4.72. The van der Waals surface area contributed by atoms with Gasteiger partial charge in [0.25, 0.3) is 0 Å². The van der Waals surface area contributed by atoms with Gasteiger partial charge in [0.05, 0.1) is 23.9 Å². The Morgan fingerprint density at radius 2 is 1.89 bits per heavy atom. The number of aromatic nitrogens is 3. The molecule has 1 saturated carbocycles. The van der Waals surface area contributed by atoms with E-state index in [2.05, 4.69) is 32.1 Å². The van der Waals surface area contributed by atoms with Gasteiger partial charge in [-0.1, -0.05) is 6.42 Å². The van der Waals surface area contributed by atoms with Crippen molar-refractivity contribution in [3.63, 3.8) is 0 Å². The Morgan fingerprint density at radius 3 is 2.68 bits per heavy atom. The van der Waals surface area contributed by atoms with Crippen LogP contribution < -0.4 is 25.4 Å². The Hall–Kier alpha value is -3.52. The maximum atomic E-state index is 16.9. The van der Waals surface area contributed by atoms with Gasteiger partial charge in [-0.3, -0.25) is 0 Å². The molecule has 6 atom stereocenters. The quantitative estimate of drug-likeness (QED) is 0.273. The van der Waals surface area contributed by atoms with Crippen LogP contribution in [0.1, 0.15) is 63.0 Å². The summed E-state index contributed by atoms with van der Waals surface area (Å²) in [5, 5.41) is 3.81. The predicted molar refractivity (Wildman–Crippen MR) is 165 cm³/mol. The topological polar surface area (TPSA) is 102 Å². The fraction of sp³-hybridized carbons (Fsp3) is 0.606. The van der Waals surface area contributed by atoms with Crippen LogP contribution in [0.25, 0.3) is 22.2 Å². The number of anilines is 2. The van der Waals surface area contributed by atoms with Crippen molar-refractivity contribution >= 4 is 22.4 Å². The van der Waals surface area contributed by atoms with Crippen LogP contribution >= 0.6 is 0 Å². The molecular formula is C33H38F5N7O2. The first-order valence-corrected chi connectivity index (χ1v) is 16.5. The number of rotatable bonds is 4. The minimum atomic E-state index is -5.03. The molecule has 252 valence electrons. The van der Waals surface area contributed by atoms with Gasteiger partial charge in [0.1, 0.15) is 34.3 Å². The van der Waals surface area contributed by atoms with Crippen molar-refractivity contribution in [3.05, 3.63) is 28.8 Å². The highest BCUT2D eigenvalue weighted by molar-refractivity contribution is 5.97. The van der Waals surface area contributed by atoms with Gasteiger partial charge in [-0.15, -0.1) is 0 Å². The first-order chi connectivity index (χ1) is 22.4. The number of nitrogens with one attached hydrogen (secondary N) is 1. The van der Waals surface area contributed by atoms with Crippen LogP contribution in [0.15, 0.2) is 6.07 Å². The fourth-order valence-corrected chi connectivity index (χ4v) is 9.29. The zero-order valence-electron chi connectivity index (χ0n) is 26.6. The van der Waals surface area contributed by atoms with E-state index < -0.39 is 52.0 Å². The van der Waals surface area contributed by atoms with Crippen molar-refractivity contribution in [3.8, 4) is 23.1 Å². The maximum Gasteiger partial charge on any atom is 0.417 e. The molecule has 6 heterocycles. The lowest BCUT2D eigenvalue weighted by molar-refractivity contribution is -0.137. The Kier molecular flexibility index (Phi) is 7.04. The molecular weight excluding hydrogens is 621 g/mol. The number of piperidine rings is 1. The summed E-state index contributed by atoms with van der Waals surface area (Å²) in [6.07, 6.45) is 1.53. The van der Waals surface area contributed by atoms with E-state index in [0.717, 1.165) is 64.5 Å². The van der Waals surface area contributed by atoms with Crippen LogP contribution in [0.5, 0.6) is 11.9 Å². The van der Waals surface area contributed by atoms with Gasteiger partial charge >= 0.3 is 12.2 Å². The Balaban J connectivity index is 1.32. The fourth-order valence-electron chi connectivity index (χ4n) is 9.29. The van der Waals surface area contributed by atoms with E-state index in [1.165, 1.54) is 0 Å². The Bertz CT molecular complexity index is 1770. The van der Waals surface area contributed by atoms with Crippen LogP contribution in [0.4, 0.5) is 33.5 Å². The number of ether oxygens (including phenoxy) is 2. The number of fused-ring (bicyclic) bond motifs is 6. The smallest absolute Gasteiger partial charge is 0.417 e. The lowest BCUT2D eigenvalue weighted by Gasteiger charge is -2.44. The second-order valence-electron chi connectivity index (χ2n) is 14.1. The summed E-state index contributed by atoms with van der Waals surface area (Å²) in [6, 6.07) is 1.12. The minimum absolute atomic E-state index is 0.0484. The predicted octanol–water partition coefficient (Wildman–Crippen LogP) is 5.61. The van der Waals surface area contributed by atoms with Crippen LogP contribution in [-0.4, -0.2) is 76.9 Å². The van der Waals surface area contributed by atoms with Crippen molar-refractivity contribution in [2.75, 3.05) is 37.4 Å². The normalized spacial score (nSPS) is 30.2. The number of hydrogen-bond donors (Lipinski definition) is 2. The highest BCUT2D eigenvalue weighted by Gasteiger charge is 2.49. The monoisotopic (exact) mass is 659 g/mol. The second kappa shape index (κ2) is 10.7. The number of nitrogens with two attached hydrogens (primary N) is 1. The largest absolute Gasteiger partial charge is 0.472 e. The number of benzene rings is 1. The zero-order chi connectivity index (χ0) is 33.0. The molecule has 1 aliphatic carbocycles. The SMILES string of the molecule is Cc1c(F)c(N)cc(-c2nc3c4c(nc(OC[C@@]56CCC[C@@H]5N(C)CCC6)nc4c2F)N2C[C@H]4CC[C@H](N4)[C@H]2[C@H](C)O3)c1C(F)(F)F. The number of nitrogens with zero attached hydrogens (tertiary/aromatic N) is 5. The van der Waals surface area contributed by atoms with Crippen molar-refractivity contribution in [2.24, 2.45) is 5.41 Å². The summed E-state index contributed by atoms with van der Waals surface area (Å²) in [5.74, 6) is -2.04. The van der Waals surface area contributed by atoms with Crippen molar-refractivity contribution in [2.45, 2.75) is 95.2 Å². The van der Waals surface area contributed by atoms with E-state index >= 15 is 4.39 Å². The van der Waals surface area contributed by atoms with Gasteiger partial charge in [0, 0.05) is 35.6 Å². The third-order valence-corrected chi connectivity index (χ3v) is 11.4. The molecule has 47 heavy (non-hydrogen) atoms. The van der Waals surface area contributed by atoms with Gasteiger partial charge in [0.15, 0.2) is 5.82 Å². The lowest BCUT2D eigenvalue weighted by atomic mass is 9.76. The highest BCUT2D eigenvalue weighted by Crippen LogP contribution is 2.49. The van der Waals surface area contributed by atoms with Gasteiger partial charge in [-0.25, -0.2) is 13.8 Å². The number of likely N-dealkylation sites (tertiary alicyclic amines) is 1. The van der Waals surface area contributed by atoms with Crippen molar-refractivity contribution < 1.29 is 31.4 Å². The number of nitrogen functional groups attached to an aromatic ring is 1. The minimum Gasteiger partial charge on any atom is -0.472 e. The molecule has 4 fully saturated rings. The number of halogens is 5. The van der Waals surface area contributed by atoms with Crippen molar-refractivity contribution in [1.82, 2.24) is 25.2 Å². The van der Waals surface area contributed by atoms with E-state index in [9.17, 15) is 17.6 Å². The average molecular weight is 660 g/mol. The lowest BCUT2D eigenvalue weighted by Crippen LogP contribution is -2.62. The Labute approximate surface area is 269 Å². The molecule has 0 spiro atoms. The Morgan fingerprint density at radius 1 is 1.11 bits per heavy atom. The van der Waals surface area contributed by atoms with E-state index in [1.807, 2.05) is 6.92 Å². The van der Waals surface area contributed by atoms with Gasteiger partial charge in [-0.2, -0.15) is 23.1 Å². The molecule has 2 aromatic heterocycles. The summed E-state index contributed by atoms with van der Waals surface area (Å²) in [5.41, 5.74) is 1.41. The summed E-state index contributed by atoms with van der Waals surface area (Å²) in [4.78, 5) is 18.2. The van der Waals surface area contributed by atoms with Crippen LogP contribution in [0.3, 0.4) is 0 Å². The van der Waals surface area contributed by atoms with E-state index in [4.69, 9.17) is 20.2 Å². The highest BCUT2D eigenvalue weighted by atomic mass is 19.4. The second-order valence-corrected chi connectivity index (χ2v) is 14.1. The molecule has 1 aromatic carbocycles. The van der Waals surface area contributed by atoms with Crippen LogP contribution in [0.2, 0.25) is 0 Å². The summed E-state index contributed by atoms with van der Waals surface area (Å²) in [7, 11) is 2.13. The van der Waals surface area contributed by atoms with E-state index in [-0.39, 0.29) is 46.3 Å². The van der Waals surface area contributed by atoms with Crippen LogP contribution in [-0.2, 0) is 6.18 Å². The summed E-state index contributed by atoms with van der Waals surface area (Å²) < 4.78 is 87.7. The number of piperazine rings is 1. The first-order valence-electron chi connectivity index (χ1n) is 16.5. The molecule has 3 N–H and O–H groups in total. The molecule has 0 radical (unpaired) electrons. The number of hydrogen-bond acceptors (Lipinski definition) is 9. The number of pyridine rings is 1. The molecule has 9 nitrogen and oxygen atoms in total. The first kappa shape index (κ1) is 30.8. The molecule has 4 aliphatic heterocycles. The zero-order valence-corrected chi connectivity index (χ0v) is 26.6. The summed E-state index contributed by atoms with van der Waals surface area (Å²) in [6.45, 7) is 4.77. The van der Waals surface area contributed by atoms with Crippen LogP contribution in [0, 0.1) is 24.0 Å². The molecule has 8 rings (SSSR count). The van der Waals surface area contributed by atoms with E-state index in [1.54, 1.807) is 0 Å². The molecule has 0 unspecified atom stereocenters. The van der Waals surface area contributed by atoms with E-state index in [0.29, 0.717) is 25.0 Å². The van der Waals surface area contributed by atoms with Gasteiger partial charge in [-0.05, 0) is 77.6 Å². The summed E-state index contributed by atoms with van der Waals surface area (Å²) >= 11 is 0. The van der Waals surface area contributed by atoms with Gasteiger partial charge < -0.3 is 30.3 Å². The molecule has 3 aromatic rings. The van der Waals surface area contributed by atoms with Crippen molar-refractivity contribution in [1.29, 1.82) is 0 Å². The average Bonchev–Trinajstić information content (AvgIpc) is 3.60. The molecule has 5 aliphatic rings. The maximum absolute atomic E-state index is 16.9. The molecule has 3 saturated heterocycles. The van der Waals surface area contributed by atoms with Gasteiger partial charge in [0.2, 0.25) is 5.88 Å². The third-order valence-electron chi connectivity index (χ3n) is 11.4. The standard InChI is InChI=1S/C33H38F5N7O2/c1-15-23(33(36,37)38)18(12-19(39)24(15)34)26-25(35)27-22-29(45-13-17-7-8-20(40-17)28(45)16(2)47-30(22)41-26)43-31(42-27)46-14-32-9-4-6-21(32)44(3)11-5-10-32/h12,16-17,20-21,28,40H,4-11,13-14,39H2,1-3H3/t16-,17+,20-,21-,28+,32-/m0/s1. The molecule has 14 heteroatoms. The molecule has 2 bridgehead atoms. The number of alkyl halides is 3.